The fourth-order valence-corrected chi connectivity index (χ4v) is 2.46. The maximum atomic E-state index is 13.1. The summed E-state index contributed by atoms with van der Waals surface area (Å²) >= 11 is 0. The van der Waals surface area contributed by atoms with E-state index in [2.05, 4.69) is 10.4 Å². The van der Waals surface area contributed by atoms with Crippen molar-refractivity contribution in [3.05, 3.63) is 94.2 Å². The van der Waals surface area contributed by atoms with Gasteiger partial charge in [-0.25, -0.2) is 9.07 Å². The molecule has 0 amide bonds. The molecule has 5 nitrogen and oxygen atoms in total. The summed E-state index contributed by atoms with van der Waals surface area (Å²) < 4.78 is 14.7. The SMILES string of the molecule is Cc1cccc(-n2ccc(=O)c(/C(=C/C=N)Nc3ccc(F)cc3)n2)c1. The summed E-state index contributed by atoms with van der Waals surface area (Å²) in [4.78, 5) is 12.3. The second-order valence-corrected chi connectivity index (χ2v) is 5.69. The Morgan fingerprint density at radius 1 is 1.19 bits per heavy atom. The number of halogens is 1. The molecule has 3 aromatic rings. The van der Waals surface area contributed by atoms with Crippen molar-refractivity contribution in [3.63, 3.8) is 0 Å². The van der Waals surface area contributed by atoms with Crippen LogP contribution in [0.15, 0.2) is 71.7 Å². The molecule has 0 saturated heterocycles. The number of nitrogens with one attached hydrogen (secondary N) is 2. The van der Waals surface area contributed by atoms with Crippen molar-refractivity contribution in [3.8, 4) is 5.69 Å². The molecule has 2 aromatic carbocycles. The van der Waals surface area contributed by atoms with E-state index in [1.54, 1.807) is 23.0 Å². The van der Waals surface area contributed by atoms with E-state index in [1.165, 1.54) is 24.3 Å². The van der Waals surface area contributed by atoms with Crippen LogP contribution < -0.4 is 10.7 Å². The highest BCUT2D eigenvalue weighted by Crippen LogP contribution is 2.16. The summed E-state index contributed by atoms with van der Waals surface area (Å²) in [5, 5.41) is 14.8. The van der Waals surface area contributed by atoms with Crippen molar-refractivity contribution < 1.29 is 4.39 Å². The first-order chi connectivity index (χ1) is 12.6. The third-order valence-electron chi connectivity index (χ3n) is 3.70. The molecular weight excluding hydrogens is 331 g/mol. The monoisotopic (exact) mass is 348 g/mol. The van der Waals surface area contributed by atoms with Gasteiger partial charge in [-0.15, -0.1) is 0 Å². The van der Waals surface area contributed by atoms with Gasteiger partial charge in [-0.3, -0.25) is 4.79 Å². The number of aromatic nitrogens is 2. The summed E-state index contributed by atoms with van der Waals surface area (Å²) in [7, 11) is 0. The number of nitrogens with zero attached hydrogens (tertiary/aromatic N) is 2. The first kappa shape index (κ1) is 17.3. The second kappa shape index (κ2) is 7.57. The van der Waals surface area contributed by atoms with Gasteiger partial charge in [0.1, 0.15) is 5.82 Å². The van der Waals surface area contributed by atoms with Crippen molar-refractivity contribution in [2.24, 2.45) is 0 Å². The van der Waals surface area contributed by atoms with Gasteiger partial charge in [0.25, 0.3) is 0 Å². The topological polar surface area (TPSA) is 70.8 Å². The number of allylic oxidation sites excluding steroid dienone is 1. The Morgan fingerprint density at radius 3 is 2.65 bits per heavy atom. The van der Waals surface area contributed by atoms with Crippen LogP contribution in [0.2, 0.25) is 0 Å². The summed E-state index contributed by atoms with van der Waals surface area (Å²) in [5.74, 6) is -0.354. The van der Waals surface area contributed by atoms with E-state index >= 15 is 0 Å². The van der Waals surface area contributed by atoms with E-state index in [1.807, 2.05) is 31.2 Å². The van der Waals surface area contributed by atoms with Gasteiger partial charge in [0, 0.05) is 24.2 Å². The van der Waals surface area contributed by atoms with Crippen LogP contribution in [0.25, 0.3) is 11.4 Å². The van der Waals surface area contributed by atoms with Crippen molar-refractivity contribution in [2.45, 2.75) is 6.92 Å². The molecule has 0 atom stereocenters. The molecule has 0 fully saturated rings. The van der Waals surface area contributed by atoms with Crippen molar-refractivity contribution >= 4 is 17.6 Å². The number of aryl methyl sites for hydroxylation is 1. The molecule has 3 rings (SSSR count). The van der Waals surface area contributed by atoms with E-state index < -0.39 is 0 Å². The van der Waals surface area contributed by atoms with E-state index in [0.29, 0.717) is 11.4 Å². The van der Waals surface area contributed by atoms with Gasteiger partial charge >= 0.3 is 0 Å². The maximum absolute atomic E-state index is 13.1. The molecular formula is C20H17FN4O. The average Bonchev–Trinajstić information content (AvgIpc) is 2.63. The fraction of sp³-hybridized carbons (Fsp3) is 0.0500. The van der Waals surface area contributed by atoms with Gasteiger partial charge in [0.2, 0.25) is 5.43 Å². The molecule has 1 heterocycles. The molecule has 0 aliphatic rings. The zero-order valence-electron chi connectivity index (χ0n) is 14.1. The molecule has 0 unspecified atom stereocenters. The number of hydrogen-bond acceptors (Lipinski definition) is 4. The Kier molecular flexibility index (Phi) is 5.03. The summed E-state index contributed by atoms with van der Waals surface area (Å²) in [6, 6.07) is 14.9. The van der Waals surface area contributed by atoms with Crippen LogP contribution in [0.3, 0.4) is 0 Å². The smallest absolute Gasteiger partial charge is 0.209 e. The predicted octanol–water partition coefficient (Wildman–Crippen LogP) is 3.78. The standard InChI is InChI=1S/C20H17FN4O/c1-14-3-2-4-17(13-14)25-12-10-19(26)20(24-25)18(9-11-22)23-16-7-5-15(21)6-8-16/h2-13,22-23H,1H3/b18-9-,22-11?. The molecule has 6 heteroatoms. The van der Waals surface area contributed by atoms with Gasteiger partial charge in [-0.05, 0) is 55.0 Å². The quantitative estimate of drug-likeness (QED) is 0.689. The van der Waals surface area contributed by atoms with Crippen molar-refractivity contribution in [1.82, 2.24) is 9.78 Å². The number of hydrogen-bond donors (Lipinski definition) is 2. The zero-order chi connectivity index (χ0) is 18.5. The van der Waals surface area contributed by atoms with Crippen LogP contribution in [-0.4, -0.2) is 16.0 Å². The Bertz CT molecular complexity index is 1020. The van der Waals surface area contributed by atoms with E-state index in [0.717, 1.165) is 17.5 Å². The third kappa shape index (κ3) is 3.92. The maximum Gasteiger partial charge on any atom is 0.209 e. The highest BCUT2D eigenvalue weighted by Gasteiger charge is 2.10. The largest absolute Gasteiger partial charge is 0.354 e. The minimum atomic E-state index is -0.354. The fourth-order valence-electron chi connectivity index (χ4n) is 2.46. The lowest BCUT2D eigenvalue weighted by molar-refractivity contribution is 0.628. The van der Waals surface area contributed by atoms with Crippen LogP contribution in [0.1, 0.15) is 11.3 Å². The summed E-state index contributed by atoms with van der Waals surface area (Å²) in [6.07, 6.45) is 4.10. The van der Waals surface area contributed by atoms with Gasteiger partial charge in [-0.1, -0.05) is 12.1 Å². The first-order valence-corrected chi connectivity index (χ1v) is 7.97. The summed E-state index contributed by atoms with van der Waals surface area (Å²) in [5.41, 5.74) is 2.73. The molecule has 0 bridgehead atoms. The highest BCUT2D eigenvalue weighted by atomic mass is 19.1. The van der Waals surface area contributed by atoms with Crippen LogP contribution in [0.4, 0.5) is 10.1 Å². The third-order valence-corrected chi connectivity index (χ3v) is 3.70. The van der Waals surface area contributed by atoms with Crippen molar-refractivity contribution in [1.29, 1.82) is 5.41 Å². The van der Waals surface area contributed by atoms with Crippen LogP contribution in [-0.2, 0) is 0 Å². The first-order valence-electron chi connectivity index (χ1n) is 7.97. The van der Waals surface area contributed by atoms with Gasteiger partial charge < -0.3 is 10.7 Å². The van der Waals surface area contributed by atoms with Crippen LogP contribution >= 0.6 is 0 Å². The zero-order valence-corrected chi connectivity index (χ0v) is 14.1. The molecule has 26 heavy (non-hydrogen) atoms. The lowest BCUT2D eigenvalue weighted by atomic mass is 10.2. The van der Waals surface area contributed by atoms with E-state index in [9.17, 15) is 9.18 Å². The lowest BCUT2D eigenvalue weighted by Crippen LogP contribution is -2.18. The molecule has 0 saturated carbocycles. The lowest BCUT2D eigenvalue weighted by Gasteiger charge is -2.12. The normalized spacial score (nSPS) is 11.2. The molecule has 0 spiro atoms. The molecule has 0 aliphatic carbocycles. The van der Waals surface area contributed by atoms with Gasteiger partial charge in [-0.2, -0.15) is 5.10 Å². The van der Waals surface area contributed by atoms with E-state index in [-0.39, 0.29) is 16.9 Å². The molecule has 0 aliphatic heterocycles. The molecule has 1 aromatic heterocycles. The van der Waals surface area contributed by atoms with Gasteiger partial charge in [0.05, 0.1) is 11.4 Å². The predicted molar refractivity (Wildman–Crippen MR) is 101 cm³/mol. The summed E-state index contributed by atoms with van der Waals surface area (Å²) in [6.45, 7) is 1.98. The average molecular weight is 348 g/mol. The van der Waals surface area contributed by atoms with Gasteiger partial charge in [0.15, 0.2) is 5.69 Å². The molecule has 0 radical (unpaired) electrons. The van der Waals surface area contributed by atoms with E-state index in [4.69, 9.17) is 5.41 Å². The highest BCUT2D eigenvalue weighted by molar-refractivity contribution is 5.86. The Hall–Kier alpha value is -3.54. The minimum absolute atomic E-state index is 0.168. The minimum Gasteiger partial charge on any atom is -0.354 e. The van der Waals surface area contributed by atoms with Crippen LogP contribution in [0.5, 0.6) is 0 Å². The second-order valence-electron chi connectivity index (χ2n) is 5.69. The number of rotatable bonds is 5. The van der Waals surface area contributed by atoms with Crippen molar-refractivity contribution in [2.75, 3.05) is 5.32 Å². The Balaban J connectivity index is 2.03. The molecule has 2 N–H and O–H groups in total. The molecule has 130 valence electrons. The van der Waals surface area contributed by atoms with Crippen LogP contribution in [0, 0.1) is 18.2 Å². The number of anilines is 1. The number of benzene rings is 2. The Morgan fingerprint density at radius 2 is 1.96 bits per heavy atom. The Labute approximate surface area is 149 Å².